The Balaban J connectivity index is 1.39. The second kappa shape index (κ2) is 17.5. The van der Waals surface area contributed by atoms with Crippen LogP contribution in [-0.4, -0.2) is 29.3 Å². The van der Waals surface area contributed by atoms with Crippen LogP contribution in [0.1, 0.15) is 76.7 Å². The van der Waals surface area contributed by atoms with Gasteiger partial charge in [0.25, 0.3) is 0 Å². The van der Waals surface area contributed by atoms with E-state index in [4.69, 9.17) is 4.74 Å². The van der Waals surface area contributed by atoms with Crippen LogP contribution in [0, 0.1) is 0 Å². The number of allylic oxidation sites excluding steroid dienone is 6. The molecule has 1 heterocycles. The molecule has 0 aliphatic rings. The van der Waals surface area contributed by atoms with Crippen molar-refractivity contribution in [2.24, 2.45) is 0 Å². The van der Waals surface area contributed by atoms with Gasteiger partial charge in [-0.15, -0.1) is 0 Å². The fourth-order valence-electron chi connectivity index (χ4n) is 3.79. The Bertz CT molecular complexity index is 911. The van der Waals surface area contributed by atoms with Crippen molar-refractivity contribution in [1.29, 1.82) is 0 Å². The van der Waals surface area contributed by atoms with Gasteiger partial charge in [0.05, 0.1) is 6.61 Å². The third-order valence-corrected chi connectivity index (χ3v) is 5.69. The second-order valence-electron chi connectivity index (χ2n) is 8.56. The molecule has 0 saturated heterocycles. The molecule has 0 aliphatic carbocycles. The second-order valence-corrected chi connectivity index (χ2v) is 8.56. The molecule has 2 aromatic rings. The van der Waals surface area contributed by atoms with Crippen molar-refractivity contribution in [2.75, 3.05) is 13.2 Å². The molecular formula is C29H42N2O3. The molecule has 0 saturated carbocycles. The standard InChI is InChI=1S/C29H42N2O3/c1-2-3-4-5-6-7-8-9-10-11-12-13-14-15-16-17-22-34-29(33)30-21-20-25-24-31-28-19-18-26(32)23-27(25)28/h3-4,6-7,9-10,18-19,23-24,31-32H,2,5,8,11-17,20-22H2,1H3,(H,30,33)/b4-3-,7-6-,10-9-. The van der Waals surface area contributed by atoms with Gasteiger partial charge in [0, 0.05) is 23.6 Å². The van der Waals surface area contributed by atoms with E-state index in [0.29, 0.717) is 19.6 Å². The van der Waals surface area contributed by atoms with Crippen LogP contribution in [0.3, 0.4) is 0 Å². The first kappa shape index (κ1) is 27.3. The van der Waals surface area contributed by atoms with Crippen LogP contribution in [0.25, 0.3) is 10.9 Å². The zero-order valence-electron chi connectivity index (χ0n) is 20.7. The molecule has 1 aromatic carbocycles. The summed E-state index contributed by atoms with van der Waals surface area (Å²) in [6.45, 7) is 3.13. The van der Waals surface area contributed by atoms with E-state index in [0.717, 1.165) is 55.0 Å². The van der Waals surface area contributed by atoms with Gasteiger partial charge in [-0.2, -0.15) is 0 Å². The third-order valence-electron chi connectivity index (χ3n) is 5.69. The maximum absolute atomic E-state index is 11.9. The van der Waals surface area contributed by atoms with Crippen molar-refractivity contribution in [3.63, 3.8) is 0 Å². The Morgan fingerprint density at radius 2 is 1.68 bits per heavy atom. The number of benzene rings is 1. The van der Waals surface area contributed by atoms with Crippen molar-refractivity contribution in [2.45, 2.75) is 77.6 Å². The third kappa shape index (κ3) is 11.8. The molecular weight excluding hydrogens is 424 g/mol. The number of carbonyl (C=O) groups excluding carboxylic acids is 1. The van der Waals surface area contributed by atoms with Crippen LogP contribution >= 0.6 is 0 Å². The lowest BCUT2D eigenvalue weighted by molar-refractivity contribution is 0.144. The average molecular weight is 467 g/mol. The highest BCUT2D eigenvalue weighted by Crippen LogP contribution is 2.23. The smallest absolute Gasteiger partial charge is 0.407 e. The predicted octanol–water partition coefficient (Wildman–Crippen LogP) is 7.73. The van der Waals surface area contributed by atoms with Crippen LogP contribution in [0.15, 0.2) is 60.9 Å². The summed E-state index contributed by atoms with van der Waals surface area (Å²) in [5.41, 5.74) is 2.04. The first-order chi connectivity index (χ1) is 16.7. The number of fused-ring (bicyclic) bond motifs is 1. The molecule has 0 unspecified atom stereocenters. The number of nitrogens with one attached hydrogen (secondary N) is 2. The highest BCUT2D eigenvalue weighted by atomic mass is 16.5. The minimum Gasteiger partial charge on any atom is -0.508 e. The molecule has 0 fully saturated rings. The number of hydrogen-bond donors (Lipinski definition) is 3. The van der Waals surface area contributed by atoms with Crippen molar-refractivity contribution in [3.05, 3.63) is 66.4 Å². The Labute approximate surface area is 205 Å². The van der Waals surface area contributed by atoms with Gasteiger partial charge >= 0.3 is 6.09 Å². The van der Waals surface area contributed by atoms with Gasteiger partial charge in [0.2, 0.25) is 0 Å². The van der Waals surface area contributed by atoms with Crippen molar-refractivity contribution in [3.8, 4) is 5.75 Å². The van der Waals surface area contributed by atoms with Gasteiger partial charge in [-0.05, 0) is 68.7 Å². The van der Waals surface area contributed by atoms with E-state index in [1.165, 1.54) is 25.7 Å². The molecule has 0 bridgehead atoms. The van der Waals surface area contributed by atoms with E-state index in [1.807, 2.05) is 12.3 Å². The highest BCUT2D eigenvalue weighted by Gasteiger charge is 2.06. The van der Waals surface area contributed by atoms with Crippen LogP contribution in [0.2, 0.25) is 0 Å². The largest absolute Gasteiger partial charge is 0.508 e. The van der Waals surface area contributed by atoms with Gasteiger partial charge in [-0.1, -0.05) is 69.1 Å². The van der Waals surface area contributed by atoms with Crippen molar-refractivity contribution < 1.29 is 14.6 Å². The number of hydrogen-bond acceptors (Lipinski definition) is 3. The van der Waals surface area contributed by atoms with Crippen LogP contribution < -0.4 is 5.32 Å². The number of carbonyl (C=O) groups is 1. The number of phenolic OH excluding ortho intramolecular Hbond substituents is 1. The molecule has 0 aliphatic heterocycles. The number of alkyl carbamates (subject to hydrolysis) is 1. The molecule has 2 rings (SSSR count). The summed E-state index contributed by atoms with van der Waals surface area (Å²) in [6.07, 6.45) is 26.9. The van der Waals surface area contributed by atoms with Gasteiger partial charge in [-0.25, -0.2) is 4.79 Å². The highest BCUT2D eigenvalue weighted by molar-refractivity contribution is 5.84. The van der Waals surface area contributed by atoms with Crippen LogP contribution in [0.4, 0.5) is 4.79 Å². The Hall–Kier alpha value is -2.95. The summed E-state index contributed by atoms with van der Waals surface area (Å²) in [5.74, 6) is 0.243. The number of amides is 1. The minimum atomic E-state index is -0.359. The quantitative estimate of drug-likeness (QED) is 0.165. The zero-order valence-corrected chi connectivity index (χ0v) is 20.7. The number of aromatic hydroxyl groups is 1. The lowest BCUT2D eigenvalue weighted by Gasteiger charge is -2.07. The maximum Gasteiger partial charge on any atom is 0.407 e. The van der Waals surface area contributed by atoms with E-state index < -0.39 is 0 Å². The van der Waals surface area contributed by atoms with Crippen molar-refractivity contribution >= 4 is 17.0 Å². The van der Waals surface area contributed by atoms with Crippen LogP contribution in [0.5, 0.6) is 5.75 Å². The van der Waals surface area contributed by atoms with E-state index in [9.17, 15) is 9.90 Å². The molecule has 0 radical (unpaired) electrons. The van der Waals surface area contributed by atoms with Gasteiger partial charge < -0.3 is 20.1 Å². The first-order valence-electron chi connectivity index (χ1n) is 12.8. The molecule has 186 valence electrons. The molecule has 3 N–H and O–H groups in total. The van der Waals surface area contributed by atoms with Gasteiger partial charge in [0.1, 0.15) is 5.75 Å². The summed E-state index contributed by atoms with van der Waals surface area (Å²) in [7, 11) is 0. The molecule has 1 aromatic heterocycles. The summed E-state index contributed by atoms with van der Waals surface area (Å²) >= 11 is 0. The minimum absolute atomic E-state index is 0.243. The zero-order chi connectivity index (χ0) is 24.3. The lowest BCUT2D eigenvalue weighted by Crippen LogP contribution is -2.26. The predicted molar refractivity (Wildman–Crippen MR) is 142 cm³/mol. The topological polar surface area (TPSA) is 74.3 Å². The summed E-state index contributed by atoms with van der Waals surface area (Å²) < 4.78 is 5.27. The Kier molecular flexibility index (Phi) is 14.1. The molecule has 0 atom stereocenters. The fourth-order valence-corrected chi connectivity index (χ4v) is 3.79. The first-order valence-corrected chi connectivity index (χ1v) is 12.8. The molecule has 0 spiro atoms. The summed E-state index contributed by atoms with van der Waals surface area (Å²) in [5, 5.41) is 13.4. The molecule has 34 heavy (non-hydrogen) atoms. The van der Waals surface area contributed by atoms with E-state index in [1.54, 1.807) is 12.1 Å². The number of H-pyrrole nitrogens is 1. The molecule has 5 nitrogen and oxygen atoms in total. The maximum atomic E-state index is 11.9. The molecule has 1 amide bonds. The summed E-state index contributed by atoms with van der Waals surface area (Å²) in [4.78, 5) is 15.0. The van der Waals surface area contributed by atoms with Gasteiger partial charge in [-0.3, -0.25) is 0 Å². The number of aromatic amines is 1. The lowest BCUT2D eigenvalue weighted by atomic mass is 10.1. The number of phenols is 1. The number of aromatic nitrogens is 1. The SMILES string of the molecule is CC/C=C\C/C=C\C/C=C\CCCCCCCCOC(=O)NCCc1c[nH]c2ccc(O)cc12. The number of ether oxygens (including phenoxy) is 1. The monoisotopic (exact) mass is 466 g/mol. The average Bonchev–Trinajstić information content (AvgIpc) is 3.23. The molecule has 5 heteroatoms. The van der Waals surface area contributed by atoms with E-state index >= 15 is 0 Å². The van der Waals surface area contributed by atoms with E-state index in [-0.39, 0.29) is 11.8 Å². The van der Waals surface area contributed by atoms with E-state index in [2.05, 4.69) is 53.7 Å². The Morgan fingerprint density at radius 1 is 0.971 bits per heavy atom. The van der Waals surface area contributed by atoms with Crippen LogP contribution in [-0.2, 0) is 11.2 Å². The number of unbranched alkanes of at least 4 members (excludes halogenated alkanes) is 6. The summed E-state index contributed by atoms with van der Waals surface area (Å²) in [6, 6.07) is 5.25. The fraction of sp³-hybridized carbons (Fsp3) is 0.483. The Morgan fingerprint density at radius 3 is 2.47 bits per heavy atom. The number of rotatable bonds is 17. The van der Waals surface area contributed by atoms with Crippen molar-refractivity contribution in [1.82, 2.24) is 10.3 Å². The van der Waals surface area contributed by atoms with Gasteiger partial charge in [0.15, 0.2) is 0 Å². The normalized spacial score (nSPS) is 11.9.